The summed E-state index contributed by atoms with van der Waals surface area (Å²) in [6.45, 7) is 1.53. The second-order valence-electron chi connectivity index (χ2n) is 3.36. The Balaban J connectivity index is 2.68. The molecule has 16 heavy (non-hydrogen) atoms. The van der Waals surface area contributed by atoms with Crippen LogP contribution in [-0.4, -0.2) is 10.2 Å². The molecule has 1 aromatic heterocycles. The molecule has 0 aliphatic heterocycles. The van der Waals surface area contributed by atoms with E-state index in [2.05, 4.69) is 10.2 Å². The number of nitrogens with one attached hydrogen (secondary N) is 1. The van der Waals surface area contributed by atoms with Gasteiger partial charge >= 0.3 is 0 Å². The number of H-pyrrole nitrogens is 1. The Morgan fingerprint density at radius 3 is 2.56 bits per heavy atom. The van der Waals surface area contributed by atoms with Gasteiger partial charge in [-0.15, -0.1) is 0 Å². The molecule has 0 saturated carbocycles. The summed E-state index contributed by atoms with van der Waals surface area (Å²) in [5.41, 5.74) is -0.254. The van der Waals surface area contributed by atoms with Gasteiger partial charge in [0, 0.05) is 6.07 Å². The Kier molecular flexibility index (Phi) is 2.52. The number of rotatable bonds is 1. The molecular formula is C11H8F2N2O. The lowest BCUT2D eigenvalue weighted by Gasteiger charge is -2.05. The third-order valence-corrected chi connectivity index (χ3v) is 2.22. The zero-order chi connectivity index (χ0) is 11.7. The van der Waals surface area contributed by atoms with Crippen molar-refractivity contribution in [1.29, 1.82) is 0 Å². The van der Waals surface area contributed by atoms with E-state index in [1.165, 1.54) is 31.2 Å². The van der Waals surface area contributed by atoms with Crippen molar-refractivity contribution >= 4 is 0 Å². The van der Waals surface area contributed by atoms with E-state index in [0.29, 0.717) is 5.56 Å². The molecule has 0 amide bonds. The monoisotopic (exact) mass is 222 g/mol. The summed E-state index contributed by atoms with van der Waals surface area (Å²) >= 11 is 0. The fraction of sp³-hybridized carbons (Fsp3) is 0.0909. The van der Waals surface area contributed by atoms with Crippen molar-refractivity contribution in [2.45, 2.75) is 6.92 Å². The quantitative estimate of drug-likeness (QED) is 0.802. The average Bonchev–Trinajstić information content (AvgIpc) is 2.27. The summed E-state index contributed by atoms with van der Waals surface area (Å²) in [5, 5.41) is 5.73. The third kappa shape index (κ3) is 1.71. The van der Waals surface area contributed by atoms with Crippen LogP contribution in [0.25, 0.3) is 11.3 Å². The van der Waals surface area contributed by atoms with Gasteiger partial charge < -0.3 is 0 Å². The third-order valence-electron chi connectivity index (χ3n) is 2.22. The van der Waals surface area contributed by atoms with Crippen molar-refractivity contribution in [1.82, 2.24) is 10.2 Å². The maximum absolute atomic E-state index is 13.7. The molecule has 0 aliphatic rings. The van der Waals surface area contributed by atoms with E-state index in [-0.39, 0.29) is 11.3 Å². The van der Waals surface area contributed by atoms with Crippen molar-refractivity contribution in [2.75, 3.05) is 0 Å². The Labute approximate surface area is 89.8 Å². The molecule has 0 bridgehead atoms. The van der Waals surface area contributed by atoms with Gasteiger partial charge in [-0.1, -0.05) is 6.07 Å². The van der Waals surface area contributed by atoms with Crippen LogP contribution in [0.3, 0.4) is 0 Å². The second-order valence-corrected chi connectivity index (χ2v) is 3.36. The van der Waals surface area contributed by atoms with Gasteiger partial charge in [-0.3, -0.25) is 4.79 Å². The highest BCUT2D eigenvalue weighted by Gasteiger charge is 2.14. The van der Waals surface area contributed by atoms with Gasteiger partial charge in [-0.2, -0.15) is 5.10 Å². The smallest absolute Gasteiger partial charge is 0.264 e. The predicted molar refractivity (Wildman–Crippen MR) is 54.9 cm³/mol. The first kappa shape index (κ1) is 10.5. The molecule has 0 saturated heterocycles. The average molecular weight is 222 g/mol. The number of halogens is 2. The Hall–Kier alpha value is -2.04. The molecule has 0 radical (unpaired) electrons. The molecule has 2 rings (SSSR count). The van der Waals surface area contributed by atoms with Gasteiger partial charge in [0.2, 0.25) is 0 Å². The molecule has 1 N–H and O–H groups in total. The lowest BCUT2D eigenvalue weighted by molar-refractivity contribution is 0.582. The number of aromatic amines is 1. The first-order chi connectivity index (χ1) is 7.59. The van der Waals surface area contributed by atoms with Gasteiger partial charge in [-0.25, -0.2) is 13.9 Å². The maximum Gasteiger partial charge on any atom is 0.264 e. The number of aromatic nitrogens is 2. The van der Waals surface area contributed by atoms with Crippen molar-refractivity contribution in [3.63, 3.8) is 0 Å². The van der Waals surface area contributed by atoms with Crippen LogP contribution in [0.2, 0.25) is 0 Å². The van der Waals surface area contributed by atoms with Crippen LogP contribution >= 0.6 is 0 Å². The van der Waals surface area contributed by atoms with Crippen LogP contribution in [0.4, 0.5) is 8.78 Å². The molecular weight excluding hydrogens is 214 g/mol. The highest BCUT2D eigenvalue weighted by atomic mass is 19.1. The number of benzene rings is 1. The summed E-state index contributed by atoms with van der Waals surface area (Å²) < 4.78 is 27.1. The van der Waals surface area contributed by atoms with E-state index in [1.54, 1.807) is 0 Å². The topological polar surface area (TPSA) is 45.8 Å². The van der Waals surface area contributed by atoms with E-state index in [9.17, 15) is 13.6 Å². The molecule has 1 aromatic carbocycles. The first-order valence-corrected chi connectivity index (χ1v) is 4.60. The lowest BCUT2D eigenvalue weighted by Crippen LogP contribution is -2.07. The Morgan fingerprint density at radius 2 is 1.94 bits per heavy atom. The highest BCUT2D eigenvalue weighted by molar-refractivity contribution is 5.61. The largest absolute Gasteiger partial charge is 0.268 e. The number of nitrogens with zero attached hydrogens (tertiary/aromatic N) is 1. The van der Waals surface area contributed by atoms with Crippen LogP contribution in [0.15, 0.2) is 29.1 Å². The summed E-state index contributed by atoms with van der Waals surface area (Å²) in [5.74, 6) is -1.37. The number of hydrogen-bond donors (Lipinski definition) is 1. The standard InChI is InChI=1S/C11H8F2N2O/c1-6-2-3-7(12)10(11(6)13)8-4-5-9(16)15-14-8/h2-5H,1H3,(H,15,16). The molecule has 2 aromatic rings. The maximum atomic E-state index is 13.7. The minimum atomic E-state index is -0.706. The van der Waals surface area contributed by atoms with E-state index >= 15 is 0 Å². The molecule has 0 fully saturated rings. The minimum Gasteiger partial charge on any atom is -0.268 e. The van der Waals surface area contributed by atoms with E-state index < -0.39 is 17.2 Å². The second kappa shape index (κ2) is 3.84. The zero-order valence-electron chi connectivity index (χ0n) is 8.42. The van der Waals surface area contributed by atoms with Crippen molar-refractivity contribution < 1.29 is 8.78 Å². The molecule has 0 atom stereocenters. The predicted octanol–water partition coefficient (Wildman–Crippen LogP) is 2.02. The van der Waals surface area contributed by atoms with E-state index in [1.807, 2.05) is 0 Å². The molecule has 1 heterocycles. The van der Waals surface area contributed by atoms with Gasteiger partial charge in [0.25, 0.3) is 5.56 Å². The van der Waals surface area contributed by atoms with Crippen LogP contribution < -0.4 is 5.56 Å². The first-order valence-electron chi connectivity index (χ1n) is 4.60. The van der Waals surface area contributed by atoms with Gasteiger partial charge in [0.05, 0.1) is 11.3 Å². The van der Waals surface area contributed by atoms with Crippen LogP contribution in [0.1, 0.15) is 5.56 Å². The van der Waals surface area contributed by atoms with Crippen LogP contribution in [0, 0.1) is 18.6 Å². The summed E-state index contributed by atoms with van der Waals surface area (Å²) in [6.07, 6.45) is 0. The minimum absolute atomic E-state index is 0.0679. The van der Waals surface area contributed by atoms with Crippen LogP contribution in [-0.2, 0) is 0 Å². The SMILES string of the molecule is Cc1ccc(F)c(-c2ccc(=O)[nH]n2)c1F. The Bertz CT molecular complexity index is 573. The highest BCUT2D eigenvalue weighted by Crippen LogP contribution is 2.25. The van der Waals surface area contributed by atoms with Gasteiger partial charge in [0.1, 0.15) is 11.6 Å². The van der Waals surface area contributed by atoms with Crippen molar-refractivity contribution in [2.24, 2.45) is 0 Å². The fourth-order valence-corrected chi connectivity index (χ4v) is 1.38. The molecule has 82 valence electrons. The molecule has 3 nitrogen and oxygen atoms in total. The van der Waals surface area contributed by atoms with E-state index in [4.69, 9.17) is 0 Å². The normalized spacial score (nSPS) is 10.4. The molecule has 0 spiro atoms. The van der Waals surface area contributed by atoms with E-state index in [0.717, 1.165) is 0 Å². The van der Waals surface area contributed by atoms with Gasteiger partial charge in [0.15, 0.2) is 0 Å². The van der Waals surface area contributed by atoms with Crippen LogP contribution in [0.5, 0.6) is 0 Å². The van der Waals surface area contributed by atoms with Gasteiger partial charge in [-0.05, 0) is 24.6 Å². The van der Waals surface area contributed by atoms with Crippen molar-refractivity contribution in [3.05, 3.63) is 51.8 Å². The number of hydrogen-bond acceptors (Lipinski definition) is 2. The molecule has 0 aliphatic carbocycles. The summed E-state index contributed by atoms with van der Waals surface area (Å²) in [7, 11) is 0. The lowest BCUT2D eigenvalue weighted by atomic mass is 10.1. The molecule has 5 heteroatoms. The summed E-state index contributed by atoms with van der Waals surface area (Å²) in [6, 6.07) is 4.96. The molecule has 0 unspecified atom stereocenters. The Morgan fingerprint density at radius 1 is 1.19 bits per heavy atom. The van der Waals surface area contributed by atoms with Crippen molar-refractivity contribution in [3.8, 4) is 11.3 Å². The zero-order valence-corrected chi connectivity index (χ0v) is 8.42. The fourth-order valence-electron chi connectivity index (χ4n) is 1.38. The summed E-state index contributed by atoms with van der Waals surface area (Å²) in [4.78, 5) is 10.8. The number of aryl methyl sites for hydroxylation is 1.